The van der Waals surface area contributed by atoms with Crippen molar-refractivity contribution in [3.8, 4) is 6.07 Å². The van der Waals surface area contributed by atoms with Gasteiger partial charge in [0.1, 0.15) is 5.82 Å². The van der Waals surface area contributed by atoms with Gasteiger partial charge < -0.3 is 5.32 Å². The van der Waals surface area contributed by atoms with Gasteiger partial charge in [0.2, 0.25) is 5.91 Å². The van der Waals surface area contributed by atoms with Gasteiger partial charge in [0.05, 0.1) is 12.5 Å². The number of hydrogen-bond donors (Lipinski definition) is 1. The highest BCUT2D eigenvalue weighted by atomic mass is 35.5. The van der Waals surface area contributed by atoms with Crippen molar-refractivity contribution in [3.63, 3.8) is 0 Å². The molecule has 0 fully saturated rings. The Bertz CT molecular complexity index is 692. The molecular weight excluding hydrogens is 310 g/mol. The van der Waals surface area contributed by atoms with Gasteiger partial charge in [0.25, 0.3) is 0 Å². The van der Waals surface area contributed by atoms with E-state index in [0.29, 0.717) is 17.3 Å². The Morgan fingerprint density at radius 2 is 2.04 bits per heavy atom. The largest absolute Gasteiger partial charge is 0.310 e. The van der Waals surface area contributed by atoms with Crippen molar-refractivity contribution in [1.82, 2.24) is 4.98 Å². The quantitative estimate of drug-likeness (QED) is 0.777. The van der Waals surface area contributed by atoms with E-state index in [2.05, 4.69) is 16.4 Å². The third kappa shape index (κ3) is 5.72. The summed E-state index contributed by atoms with van der Waals surface area (Å²) < 4.78 is 0. The molecule has 1 aromatic carbocycles. The van der Waals surface area contributed by atoms with Crippen molar-refractivity contribution < 1.29 is 4.79 Å². The van der Waals surface area contributed by atoms with Crippen LogP contribution in [0.15, 0.2) is 42.6 Å². The zero-order valence-electron chi connectivity index (χ0n) is 12.8. The van der Waals surface area contributed by atoms with Crippen LogP contribution < -0.4 is 5.32 Å². The van der Waals surface area contributed by atoms with E-state index < -0.39 is 0 Å². The first-order valence-corrected chi connectivity index (χ1v) is 7.92. The van der Waals surface area contributed by atoms with Crippen molar-refractivity contribution >= 4 is 23.3 Å². The molecule has 0 aliphatic rings. The molecule has 0 bridgehead atoms. The number of nitrogens with one attached hydrogen (secondary N) is 1. The lowest BCUT2D eigenvalue weighted by atomic mass is 10.1. The number of aryl methyl sites for hydroxylation is 1. The van der Waals surface area contributed by atoms with Crippen molar-refractivity contribution in [2.24, 2.45) is 0 Å². The molecular formula is C18H18ClN3O. The molecule has 0 spiro atoms. The number of nitrogens with zero attached hydrogens (tertiary/aromatic N) is 2. The number of benzene rings is 1. The van der Waals surface area contributed by atoms with Crippen LogP contribution in [0, 0.1) is 11.3 Å². The van der Waals surface area contributed by atoms with Crippen LogP contribution in [0.2, 0.25) is 5.02 Å². The smallest absolute Gasteiger partial charge is 0.230 e. The van der Waals surface area contributed by atoms with Gasteiger partial charge in [0.15, 0.2) is 0 Å². The van der Waals surface area contributed by atoms with Gasteiger partial charge >= 0.3 is 0 Å². The van der Waals surface area contributed by atoms with Gasteiger partial charge in [-0.05, 0) is 42.5 Å². The maximum atomic E-state index is 12.0. The fraction of sp³-hybridized carbons (Fsp3) is 0.278. The van der Waals surface area contributed by atoms with Crippen LogP contribution in [-0.4, -0.2) is 10.9 Å². The van der Waals surface area contributed by atoms with Crippen molar-refractivity contribution in [2.75, 3.05) is 5.32 Å². The summed E-state index contributed by atoms with van der Waals surface area (Å²) in [6.07, 6.45) is 5.32. The number of anilines is 1. The molecule has 1 heterocycles. The highest BCUT2D eigenvalue weighted by molar-refractivity contribution is 6.31. The van der Waals surface area contributed by atoms with Crippen molar-refractivity contribution in [2.45, 2.75) is 32.1 Å². The number of aromatic nitrogens is 1. The molecule has 4 nitrogen and oxygen atoms in total. The summed E-state index contributed by atoms with van der Waals surface area (Å²) in [5, 5.41) is 11.9. The summed E-state index contributed by atoms with van der Waals surface area (Å²) in [5.74, 6) is 0.384. The number of nitriles is 1. The topological polar surface area (TPSA) is 65.8 Å². The minimum atomic E-state index is -0.146. The number of carbonyl (C=O) groups excluding carboxylic acids is 1. The normalized spacial score (nSPS) is 10.1. The Morgan fingerprint density at radius 3 is 2.74 bits per heavy atom. The third-order valence-electron chi connectivity index (χ3n) is 3.41. The molecule has 1 amide bonds. The average Bonchev–Trinajstić information content (AvgIpc) is 2.55. The van der Waals surface area contributed by atoms with E-state index in [1.165, 1.54) is 0 Å². The molecule has 0 radical (unpaired) electrons. The van der Waals surface area contributed by atoms with Gasteiger partial charge in [-0.2, -0.15) is 5.26 Å². The molecule has 0 aliphatic carbocycles. The summed E-state index contributed by atoms with van der Waals surface area (Å²) in [4.78, 5) is 16.3. The molecule has 23 heavy (non-hydrogen) atoms. The second-order valence-electron chi connectivity index (χ2n) is 5.23. The summed E-state index contributed by atoms with van der Waals surface area (Å²) in [5.41, 5.74) is 1.90. The van der Waals surface area contributed by atoms with E-state index in [4.69, 9.17) is 16.9 Å². The Kier molecular flexibility index (Phi) is 6.58. The van der Waals surface area contributed by atoms with Crippen molar-refractivity contribution in [1.29, 1.82) is 5.26 Å². The van der Waals surface area contributed by atoms with E-state index >= 15 is 0 Å². The van der Waals surface area contributed by atoms with Gasteiger partial charge in [-0.1, -0.05) is 35.9 Å². The molecule has 118 valence electrons. The lowest BCUT2D eigenvalue weighted by Gasteiger charge is -2.07. The maximum absolute atomic E-state index is 12.0. The first-order valence-electron chi connectivity index (χ1n) is 7.54. The number of unbranched alkanes of at least 4 members (excludes halogenated alkanes) is 2. The van der Waals surface area contributed by atoms with Crippen LogP contribution in [0.1, 0.15) is 30.4 Å². The second-order valence-corrected chi connectivity index (χ2v) is 5.64. The van der Waals surface area contributed by atoms with Crippen LogP contribution in [0.25, 0.3) is 0 Å². The molecule has 1 N–H and O–H groups in total. The molecule has 0 saturated heterocycles. The van der Waals surface area contributed by atoms with E-state index in [-0.39, 0.29) is 12.3 Å². The van der Waals surface area contributed by atoms with Crippen LogP contribution in [0.4, 0.5) is 5.82 Å². The predicted molar refractivity (Wildman–Crippen MR) is 91.2 cm³/mol. The van der Waals surface area contributed by atoms with Crippen LogP contribution in [-0.2, 0) is 17.6 Å². The lowest BCUT2D eigenvalue weighted by Crippen LogP contribution is -2.15. The van der Waals surface area contributed by atoms with Gasteiger partial charge in [-0.3, -0.25) is 4.79 Å². The fourth-order valence-electron chi connectivity index (χ4n) is 2.18. The standard InChI is InChI=1S/C18H18ClN3O/c19-16-8-4-3-7-15(16)12-18(23)22-17-10-9-14(13-21-17)6-2-1-5-11-20/h3-4,7-10,13H,1-2,5-6,12H2,(H,21,22,23). The number of amides is 1. The van der Waals surface area contributed by atoms with E-state index in [1.54, 1.807) is 18.3 Å². The predicted octanol–water partition coefficient (Wildman–Crippen LogP) is 4.15. The maximum Gasteiger partial charge on any atom is 0.230 e. The number of halogens is 1. The summed E-state index contributed by atoms with van der Waals surface area (Å²) in [6.45, 7) is 0. The van der Waals surface area contributed by atoms with Gasteiger partial charge in [-0.15, -0.1) is 0 Å². The summed E-state index contributed by atoms with van der Waals surface area (Å²) in [6, 6.07) is 13.2. The molecule has 2 rings (SSSR count). The highest BCUT2D eigenvalue weighted by Gasteiger charge is 2.07. The van der Waals surface area contributed by atoms with Gasteiger partial charge in [0, 0.05) is 17.6 Å². The fourth-order valence-corrected chi connectivity index (χ4v) is 2.38. The third-order valence-corrected chi connectivity index (χ3v) is 3.77. The first-order chi connectivity index (χ1) is 11.2. The Labute approximate surface area is 141 Å². The zero-order chi connectivity index (χ0) is 16.5. The molecule has 0 saturated carbocycles. The number of pyridine rings is 1. The monoisotopic (exact) mass is 327 g/mol. The number of hydrogen-bond acceptors (Lipinski definition) is 3. The molecule has 0 unspecified atom stereocenters. The SMILES string of the molecule is N#CCCCCc1ccc(NC(=O)Cc2ccccc2Cl)nc1. The molecule has 2 aromatic rings. The average molecular weight is 328 g/mol. The second kappa shape index (κ2) is 8.92. The molecule has 5 heteroatoms. The van der Waals surface area contributed by atoms with Gasteiger partial charge in [-0.25, -0.2) is 4.98 Å². The van der Waals surface area contributed by atoms with E-state index in [9.17, 15) is 4.79 Å². The number of rotatable bonds is 7. The minimum Gasteiger partial charge on any atom is -0.310 e. The zero-order valence-corrected chi connectivity index (χ0v) is 13.5. The van der Waals surface area contributed by atoms with Crippen molar-refractivity contribution in [3.05, 3.63) is 58.7 Å². The Balaban J connectivity index is 1.84. The molecule has 0 atom stereocenters. The Morgan fingerprint density at radius 1 is 1.22 bits per heavy atom. The van der Waals surface area contributed by atoms with E-state index in [0.717, 1.165) is 30.4 Å². The molecule has 0 aliphatic heterocycles. The lowest BCUT2D eigenvalue weighted by molar-refractivity contribution is -0.115. The first kappa shape index (κ1) is 17.0. The highest BCUT2D eigenvalue weighted by Crippen LogP contribution is 2.16. The molecule has 1 aromatic heterocycles. The van der Waals surface area contributed by atoms with Crippen LogP contribution in [0.3, 0.4) is 0 Å². The van der Waals surface area contributed by atoms with E-state index in [1.807, 2.05) is 24.3 Å². The summed E-state index contributed by atoms with van der Waals surface area (Å²) in [7, 11) is 0. The minimum absolute atomic E-state index is 0.146. The van der Waals surface area contributed by atoms with Crippen LogP contribution >= 0.6 is 11.6 Å². The Hall–Kier alpha value is -2.38. The summed E-state index contributed by atoms with van der Waals surface area (Å²) >= 11 is 6.05. The van der Waals surface area contributed by atoms with Crippen LogP contribution in [0.5, 0.6) is 0 Å². The number of carbonyl (C=O) groups is 1.